The van der Waals surface area contributed by atoms with Crippen molar-refractivity contribution in [2.24, 2.45) is 4.99 Å². The summed E-state index contributed by atoms with van der Waals surface area (Å²) >= 11 is 0. The molecule has 1 spiro atoms. The lowest BCUT2D eigenvalue weighted by atomic mass is 9.69. The van der Waals surface area contributed by atoms with E-state index in [4.69, 9.17) is 4.99 Å². The summed E-state index contributed by atoms with van der Waals surface area (Å²) in [4.78, 5) is 5.34. The fourth-order valence-corrected chi connectivity index (χ4v) is 9.87. The van der Waals surface area contributed by atoms with Crippen LogP contribution in [0.4, 0.5) is 0 Å². The average molecular weight is 647 g/mol. The fraction of sp³-hybridized carbons (Fsp3) is 0.0408. The van der Waals surface area contributed by atoms with Crippen LogP contribution in [0.5, 0.6) is 0 Å². The predicted molar refractivity (Wildman–Crippen MR) is 207 cm³/mol. The molecule has 3 aliphatic carbocycles. The number of hydrogen-bond acceptors (Lipinski definition) is 2. The monoisotopic (exact) mass is 646 g/mol. The molecule has 236 valence electrons. The third-order valence-corrected chi connectivity index (χ3v) is 11.8. The molecule has 0 radical (unpaired) electrons. The van der Waals surface area contributed by atoms with E-state index in [1.807, 2.05) is 0 Å². The van der Waals surface area contributed by atoms with Crippen molar-refractivity contribution in [2.75, 3.05) is 0 Å². The molecule has 0 saturated heterocycles. The molecule has 2 heteroatoms. The van der Waals surface area contributed by atoms with Crippen molar-refractivity contribution in [3.05, 3.63) is 214 Å². The highest BCUT2D eigenvalue weighted by Gasteiger charge is 2.52. The van der Waals surface area contributed by atoms with Crippen molar-refractivity contribution in [1.29, 1.82) is 0 Å². The molecule has 0 bridgehead atoms. The zero-order chi connectivity index (χ0) is 33.3. The molecular formula is C49H30N2. The molecule has 0 aromatic heterocycles. The van der Waals surface area contributed by atoms with Crippen molar-refractivity contribution in [1.82, 2.24) is 5.32 Å². The van der Waals surface area contributed by atoms with Crippen LogP contribution in [0, 0.1) is 0 Å². The van der Waals surface area contributed by atoms with Gasteiger partial charge in [-0.15, -0.1) is 0 Å². The van der Waals surface area contributed by atoms with Gasteiger partial charge in [0.05, 0.1) is 16.5 Å². The van der Waals surface area contributed by atoms with Crippen LogP contribution >= 0.6 is 0 Å². The highest BCUT2D eigenvalue weighted by atomic mass is 15.1. The molecule has 12 rings (SSSR count). The first-order valence-electron chi connectivity index (χ1n) is 17.8. The van der Waals surface area contributed by atoms with Gasteiger partial charge in [-0.25, -0.2) is 0 Å². The minimum Gasteiger partial charge on any atom is -0.359 e. The zero-order valence-corrected chi connectivity index (χ0v) is 27.7. The van der Waals surface area contributed by atoms with Gasteiger partial charge in [0.15, 0.2) is 0 Å². The van der Waals surface area contributed by atoms with Crippen LogP contribution < -0.4 is 15.9 Å². The van der Waals surface area contributed by atoms with Crippen LogP contribution in [0.2, 0.25) is 0 Å². The normalized spacial score (nSPS) is 18.0. The maximum atomic E-state index is 5.34. The quantitative estimate of drug-likeness (QED) is 0.199. The largest absolute Gasteiger partial charge is 0.359 e. The van der Waals surface area contributed by atoms with Gasteiger partial charge in [-0.1, -0.05) is 152 Å². The van der Waals surface area contributed by atoms with E-state index in [-0.39, 0.29) is 6.17 Å². The standard InChI is InChI=1S/C49H30N2/c1-2-13-29(14-3-1)47-37-19-8-11-24-44(37)50-48(51-47)30-25-26-34-33-17-6-9-22-40(33)49(42(34)27-30)41-23-10-7-18-36(41)46-38-21-12-20-35-31-15-4-5-16-32(31)39(45(35)38)28-43(46)49/h1-28,48,51H. The van der Waals surface area contributed by atoms with E-state index in [0.29, 0.717) is 0 Å². The number of fused-ring (bicyclic) bond motifs is 15. The summed E-state index contributed by atoms with van der Waals surface area (Å²) in [6.07, 6.45) is -0.235. The lowest BCUT2D eigenvalue weighted by Gasteiger charge is -2.32. The summed E-state index contributed by atoms with van der Waals surface area (Å²) in [7, 11) is 0. The van der Waals surface area contributed by atoms with Crippen LogP contribution in [0.15, 0.2) is 175 Å². The summed E-state index contributed by atoms with van der Waals surface area (Å²) in [6, 6.07) is 62.9. The van der Waals surface area contributed by atoms with Gasteiger partial charge in [-0.3, -0.25) is 4.99 Å². The van der Waals surface area contributed by atoms with Crippen LogP contribution in [0.1, 0.15) is 39.5 Å². The molecule has 0 saturated carbocycles. The molecule has 2 atom stereocenters. The van der Waals surface area contributed by atoms with E-state index in [9.17, 15) is 0 Å². The van der Waals surface area contributed by atoms with E-state index in [2.05, 4.69) is 175 Å². The van der Waals surface area contributed by atoms with Crippen molar-refractivity contribution in [3.8, 4) is 44.5 Å². The second kappa shape index (κ2) is 9.80. The molecule has 2 unspecified atom stereocenters. The fourth-order valence-electron chi connectivity index (χ4n) is 9.87. The Balaban J connectivity index is 1.15. The van der Waals surface area contributed by atoms with Gasteiger partial charge in [0.2, 0.25) is 0 Å². The topological polar surface area (TPSA) is 24.4 Å². The van der Waals surface area contributed by atoms with E-state index >= 15 is 0 Å². The summed E-state index contributed by atoms with van der Waals surface area (Å²) in [6.45, 7) is 0. The van der Waals surface area contributed by atoms with Gasteiger partial charge >= 0.3 is 0 Å². The molecule has 1 heterocycles. The second-order valence-corrected chi connectivity index (χ2v) is 14.2. The SMILES string of the molecule is c1ccc(C2=c3ccccc3=NC(c3ccc4c(c3)C3(c5ccccc5-4)c4ccccc4-c4c3cc3c5c(cccc45)-c4ccccc4-3)N2)cc1. The molecule has 1 aliphatic heterocycles. The number of nitrogens with zero attached hydrogens (tertiary/aromatic N) is 1. The molecule has 8 aromatic rings. The zero-order valence-electron chi connectivity index (χ0n) is 27.7. The third-order valence-electron chi connectivity index (χ3n) is 11.8. The Labute approximate surface area is 295 Å². The maximum Gasteiger partial charge on any atom is 0.145 e. The second-order valence-electron chi connectivity index (χ2n) is 14.2. The first kappa shape index (κ1) is 27.3. The molecule has 4 aliphatic rings. The van der Waals surface area contributed by atoms with E-state index in [1.54, 1.807) is 0 Å². The van der Waals surface area contributed by atoms with Crippen molar-refractivity contribution in [3.63, 3.8) is 0 Å². The molecule has 8 aromatic carbocycles. The van der Waals surface area contributed by atoms with Gasteiger partial charge in [-0.05, 0) is 107 Å². The Morgan fingerprint density at radius 2 is 1.10 bits per heavy atom. The van der Waals surface area contributed by atoms with Crippen molar-refractivity contribution >= 4 is 16.5 Å². The van der Waals surface area contributed by atoms with E-state index in [0.717, 1.165) is 27.4 Å². The van der Waals surface area contributed by atoms with E-state index < -0.39 is 5.41 Å². The van der Waals surface area contributed by atoms with Crippen molar-refractivity contribution < 1.29 is 0 Å². The van der Waals surface area contributed by atoms with Gasteiger partial charge in [-0.2, -0.15) is 0 Å². The number of benzene rings is 8. The highest BCUT2D eigenvalue weighted by Crippen LogP contribution is 2.65. The van der Waals surface area contributed by atoms with Crippen LogP contribution in [0.3, 0.4) is 0 Å². The predicted octanol–water partition coefficient (Wildman–Crippen LogP) is 9.91. The summed E-state index contributed by atoms with van der Waals surface area (Å²) in [5.41, 5.74) is 19.0. The third kappa shape index (κ3) is 3.40. The molecule has 2 nitrogen and oxygen atoms in total. The highest BCUT2D eigenvalue weighted by molar-refractivity contribution is 6.21. The average Bonchev–Trinajstić information content (AvgIpc) is 3.80. The minimum atomic E-state index is -0.468. The Morgan fingerprint density at radius 3 is 1.94 bits per heavy atom. The number of rotatable bonds is 2. The number of para-hydroxylation sites is 1. The summed E-state index contributed by atoms with van der Waals surface area (Å²) in [5, 5.41) is 8.74. The van der Waals surface area contributed by atoms with E-state index in [1.165, 1.54) is 77.5 Å². The summed E-state index contributed by atoms with van der Waals surface area (Å²) in [5.74, 6) is 0. The molecule has 1 N–H and O–H groups in total. The Bertz CT molecular complexity index is 2960. The number of nitrogens with one attached hydrogen (secondary N) is 1. The summed E-state index contributed by atoms with van der Waals surface area (Å²) < 4.78 is 0. The first-order chi connectivity index (χ1) is 25.3. The molecular weight excluding hydrogens is 617 g/mol. The van der Waals surface area contributed by atoms with Crippen molar-refractivity contribution in [2.45, 2.75) is 11.6 Å². The Morgan fingerprint density at radius 1 is 0.451 bits per heavy atom. The van der Waals surface area contributed by atoms with Crippen LogP contribution in [-0.2, 0) is 5.41 Å². The molecule has 0 fully saturated rings. The first-order valence-corrected chi connectivity index (χ1v) is 17.8. The molecule has 0 amide bonds. The lowest BCUT2D eigenvalue weighted by molar-refractivity contribution is 0.632. The van der Waals surface area contributed by atoms with Gasteiger partial charge < -0.3 is 5.32 Å². The Kier molecular flexibility index (Phi) is 5.25. The van der Waals surface area contributed by atoms with Crippen LogP contribution in [0.25, 0.3) is 61.0 Å². The van der Waals surface area contributed by atoms with Gasteiger partial charge in [0.1, 0.15) is 6.17 Å². The van der Waals surface area contributed by atoms with Gasteiger partial charge in [0.25, 0.3) is 0 Å². The van der Waals surface area contributed by atoms with Gasteiger partial charge in [0, 0.05) is 5.22 Å². The Hall–Kier alpha value is -6.51. The minimum absolute atomic E-state index is 0.235. The van der Waals surface area contributed by atoms with Crippen LogP contribution in [-0.4, -0.2) is 0 Å². The lowest BCUT2D eigenvalue weighted by Crippen LogP contribution is -2.39. The number of hydrogen-bond donors (Lipinski definition) is 1. The molecule has 51 heavy (non-hydrogen) atoms. The maximum absolute atomic E-state index is 5.34. The smallest absolute Gasteiger partial charge is 0.145 e.